The summed E-state index contributed by atoms with van der Waals surface area (Å²) in [6.45, 7) is 1.21. The maximum Gasteiger partial charge on any atom is 0.232 e. The third kappa shape index (κ3) is 2.93. The maximum absolute atomic E-state index is 12.3. The molecule has 1 aliphatic carbocycles. The number of aromatic nitrogens is 2. The van der Waals surface area contributed by atoms with E-state index in [4.69, 9.17) is 9.26 Å². The number of hydrogen-bond donors (Lipinski definition) is 0. The van der Waals surface area contributed by atoms with E-state index in [0.717, 1.165) is 30.0 Å². The minimum absolute atomic E-state index is 0.00751. The highest BCUT2D eigenvalue weighted by atomic mass is 16.5. The third-order valence-electron chi connectivity index (χ3n) is 4.47. The van der Waals surface area contributed by atoms with Crippen LogP contribution in [0.4, 0.5) is 0 Å². The zero-order chi connectivity index (χ0) is 15.8. The zero-order valence-corrected chi connectivity index (χ0v) is 13.1. The molecule has 1 saturated heterocycles. The largest absolute Gasteiger partial charge is 0.497 e. The summed E-state index contributed by atoms with van der Waals surface area (Å²) in [5, 5.41) is 4.05. The molecule has 1 amide bonds. The Bertz CT molecular complexity index is 723. The molecule has 2 heterocycles. The molecule has 6 nitrogen and oxygen atoms in total. The third-order valence-corrected chi connectivity index (χ3v) is 4.47. The predicted molar refractivity (Wildman–Crippen MR) is 82.0 cm³/mol. The molecule has 2 aromatic rings. The van der Waals surface area contributed by atoms with Crippen molar-refractivity contribution in [2.75, 3.05) is 13.7 Å². The quantitative estimate of drug-likeness (QED) is 0.848. The lowest BCUT2D eigenvalue weighted by molar-refractivity contribution is -0.128. The summed E-state index contributed by atoms with van der Waals surface area (Å²) >= 11 is 0. The van der Waals surface area contributed by atoms with Crippen molar-refractivity contribution in [2.24, 2.45) is 0 Å². The highest BCUT2D eigenvalue weighted by Crippen LogP contribution is 2.39. The van der Waals surface area contributed by atoms with Crippen molar-refractivity contribution in [3.8, 4) is 5.75 Å². The van der Waals surface area contributed by atoms with Crippen LogP contribution in [-0.2, 0) is 11.3 Å². The Balaban J connectivity index is 1.44. The van der Waals surface area contributed by atoms with E-state index in [1.54, 1.807) is 7.11 Å². The van der Waals surface area contributed by atoms with Gasteiger partial charge < -0.3 is 14.2 Å². The van der Waals surface area contributed by atoms with E-state index in [1.165, 1.54) is 0 Å². The van der Waals surface area contributed by atoms with Gasteiger partial charge in [0, 0.05) is 25.4 Å². The van der Waals surface area contributed by atoms with Crippen LogP contribution < -0.4 is 4.74 Å². The summed E-state index contributed by atoms with van der Waals surface area (Å²) in [5.41, 5.74) is 1.06. The van der Waals surface area contributed by atoms with Crippen molar-refractivity contribution in [3.63, 3.8) is 0 Å². The van der Waals surface area contributed by atoms with Gasteiger partial charge in [-0.3, -0.25) is 4.79 Å². The van der Waals surface area contributed by atoms with E-state index in [1.807, 2.05) is 29.2 Å². The van der Waals surface area contributed by atoms with Crippen molar-refractivity contribution >= 4 is 5.91 Å². The number of nitrogens with zero attached hydrogens (tertiary/aromatic N) is 3. The van der Waals surface area contributed by atoms with Crippen LogP contribution in [0.2, 0.25) is 0 Å². The van der Waals surface area contributed by atoms with Gasteiger partial charge in [-0.1, -0.05) is 17.3 Å². The fraction of sp³-hybridized carbons (Fsp3) is 0.471. The normalized spacial score (nSPS) is 21.0. The smallest absolute Gasteiger partial charge is 0.232 e. The zero-order valence-electron chi connectivity index (χ0n) is 13.1. The standard InChI is InChI=1S/C17H19N3O3/c1-22-14-4-2-3-11(7-14)9-20-10-13(8-15(20)21)17-18-16(19-23-17)12-5-6-12/h2-4,7,12-13H,5-6,8-10H2,1H3. The predicted octanol–water partition coefficient (Wildman–Crippen LogP) is 2.47. The van der Waals surface area contributed by atoms with Crippen molar-refractivity contribution in [1.29, 1.82) is 0 Å². The van der Waals surface area contributed by atoms with Crippen LogP contribution in [0.15, 0.2) is 28.8 Å². The molecular weight excluding hydrogens is 294 g/mol. The second-order valence-electron chi connectivity index (χ2n) is 6.29. The van der Waals surface area contributed by atoms with Gasteiger partial charge in [-0.15, -0.1) is 0 Å². The van der Waals surface area contributed by atoms with Gasteiger partial charge in [-0.25, -0.2) is 0 Å². The molecule has 1 saturated carbocycles. The minimum atomic E-state index is 0.00751. The molecule has 1 aromatic carbocycles. The first kappa shape index (κ1) is 14.2. The fourth-order valence-electron chi connectivity index (χ4n) is 3.00. The lowest BCUT2D eigenvalue weighted by atomic mass is 10.1. The number of amides is 1. The molecule has 2 fully saturated rings. The molecule has 6 heteroatoms. The Morgan fingerprint density at radius 1 is 1.35 bits per heavy atom. The molecule has 23 heavy (non-hydrogen) atoms. The van der Waals surface area contributed by atoms with Crippen molar-refractivity contribution in [1.82, 2.24) is 15.0 Å². The molecule has 2 aliphatic rings. The van der Waals surface area contributed by atoms with Gasteiger partial charge in [0.25, 0.3) is 0 Å². The van der Waals surface area contributed by atoms with Crippen molar-refractivity contribution in [3.05, 3.63) is 41.5 Å². The van der Waals surface area contributed by atoms with Gasteiger partial charge in [0.1, 0.15) is 5.75 Å². The number of hydrogen-bond acceptors (Lipinski definition) is 5. The van der Waals surface area contributed by atoms with Gasteiger partial charge in [-0.2, -0.15) is 4.98 Å². The summed E-state index contributed by atoms with van der Waals surface area (Å²) in [7, 11) is 1.64. The lowest BCUT2D eigenvalue weighted by Crippen LogP contribution is -2.24. The molecule has 0 N–H and O–H groups in total. The van der Waals surface area contributed by atoms with Crippen LogP contribution >= 0.6 is 0 Å². The number of carbonyl (C=O) groups excluding carboxylic acids is 1. The summed E-state index contributed by atoms with van der Waals surface area (Å²) in [6.07, 6.45) is 2.73. The van der Waals surface area contributed by atoms with E-state index in [0.29, 0.717) is 31.3 Å². The highest BCUT2D eigenvalue weighted by Gasteiger charge is 2.36. The van der Waals surface area contributed by atoms with E-state index in [-0.39, 0.29) is 11.8 Å². The molecule has 0 radical (unpaired) electrons. The minimum Gasteiger partial charge on any atom is -0.497 e. The van der Waals surface area contributed by atoms with E-state index in [9.17, 15) is 4.79 Å². The first-order valence-electron chi connectivity index (χ1n) is 7.97. The Kier molecular flexibility index (Phi) is 3.52. The number of rotatable bonds is 5. The van der Waals surface area contributed by atoms with Crippen molar-refractivity contribution < 1.29 is 14.1 Å². The van der Waals surface area contributed by atoms with Gasteiger partial charge in [-0.05, 0) is 30.5 Å². The van der Waals surface area contributed by atoms with Gasteiger partial charge >= 0.3 is 0 Å². The summed E-state index contributed by atoms with van der Waals surface area (Å²) in [4.78, 5) is 18.6. The number of methoxy groups -OCH3 is 1. The fourth-order valence-corrected chi connectivity index (χ4v) is 3.00. The monoisotopic (exact) mass is 313 g/mol. The number of likely N-dealkylation sites (tertiary alicyclic amines) is 1. The first-order valence-corrected chi connectivity index (χ1v) is 7.97. The van der Waals surface area contributed by atoms with Crippen LogP contribution in [0.25, 0.3) is 0 Å². The maximum atomic E-state index is 12.3. The molecule has 120 valence electrons. The van der Waals surface area contributed by atoms with Crippen LogP contribution in [0.1, 0.15) is 48.4 Å². The van der Waals surface area contributed by atoms with E-state index < -0.39 is 0 Å². The van der Waals surface area contributed by atoms with Crippen LogP contribution in [0, 0.1) is 0 Å². The summed E-state index contributed by atoms with van der Waals surface area (Å²) in [6, 6.07) is 7.79. The Morgan fingerprint density at radius 3 is 3.00 bits per heavy atom. The number of benzene rings is 1. The second-order valence-corrected chi connectivity index (χ2v) is 6.29. The average Bonchev–Trinajstić information content (AvgIpc) is 3.19. The van der Waals surface area contributed by atoms with Crippen LogP contribution in [0.3, 0.4) is 0 Å². The second kappa shape index (κ2) is 5.68. The Morgan fingerprint density at radius 2 is 2.22 bits per heavy atom. The van der Waals surface area contributed by atoms with Crippen molar-refractivity contribution in [2.45, 2.75) is 37.6 Å². The summed E-state index contributed by atoms with van der Waals surface area (Å²) in [5.74, 6) is 2.82. The number of carbonyl (C=O) groups is 1. The average molecular weight is 313 g/mol. The van der Waals surface area contributed by atoms with Gasteiger partial charge in [0.2, 0.25) is 11.8 Å². The Labute approximate surface area is 134 Å². The molecule has 1 atom stereocenters. The van der Waals surface area contributed by atoms with Crippen LogP contribution in [-0.4, -0.2) is 34.6 Å². The van der Waals surface area contributed by atoms with Gasteiger partial charge in [0.05, 0.1) is 13.0 Å². The number of ether oxygens (including phenoxy) is 1. The SMILES string of the molecule is COc1cccc(CN2CC(c3nc(C4CC4)no3)CC2=O)c1. The topological polar surface area (TPSA) is 68.5 Å². The molecule has 1 aliphatic heterocycles. The highest BCUT2D eigenvalue weighted by molar-refractivity contribution is 5.79. The molecular formula is C17H19N3O3. The van der Waals surface area contributed by atoms with Gasteiger partial charge in [0.15, 0.2) is 5.82 Å². The van der Waals surface area contributed by atoms with Crippen LogP contribution in [0.5, 0.6) is 5.75 Å². The molecule has 0 bridgehead atoms. The molecule has 1 unspecified atom stereocenters. The Hall–Kier alpha value is -2.37. The molecule has 4 rings (SSSR count). The molecule has 0 spiro atoms. The summed E-state index contributed by atoms with van der Waals surface area (Å²) < 4.78 is 10.6. The first-order chi connectivity index (χ1) is 11.2. The van der Waals surface area contributed by atoms with E-state index >= 15 is 0 Å². The molecule has 1 aromatic heterocycles. The van der Waals surface area contributed by atoms with E-state index in [2.05, 4.69) is 10.1 Å². The lowest BCUT2D eigenvalue weighted by Gasteiger charge is -2.16.